The standard InChI is InChI=1S/C18H23N3O2/c1-3-16(18(22)23-4-2)21-11-7-13(8-12-21)14-5-9-19-17-15(14)6-10-20-17/h5-7,9-10,16H,3-4,8,11-12H2,1-2H3,(H,19,20)/t16-/m1/s1. The number of hydrogen-bond donors (Lipinski definition) is 1. The summed E-state index contributed by atoms with van der Waals surface area (Å²) < 4.78 is 5.19. The van der Waals surface area contributed by atoms with E-state index in [0.717, 1.165) is 37.0 Å². The van der Waals surface area contributed by atoms with Crippen molar-refractivity contribution in [2.75, 3.05) is 19.7 Å². The average molecular weight is 313 g/mol. The number of H-pyrrole nitrogens is 1. The third kappa shape index (κ3) is 3.15. The van der Waals surface area contributed by atoms with Gasteiger partial charge >= 0.3 is 5.97 Å². The molecule has 0 aromatic carbocycles. The van der Waals surface area contributed by atoms with Crippen LogP contribution in [0.3, 0.4) is 0 Å². The number of esters is 1. The van der Waals surface area contributed by atoms with E-state index in [0.29, 0.717) is 6.61 Å². The summed E-state index contributed by atoms with van der Waals surface area (Å²) in [5.41, 5.74) is 3.48. The third-order valence-electron chi connectivity index (χ3n) is 4.43. The first-order valence-electron chi connectivity index (χ1n) is 8.26. The van der Waals surface area contributed by atoms with Crippen molar-refractivity contribution in [3.8, 4) is 0 Å². The van der Waals surface area contributed by atoms with E-state index in [-0.39, 0.29) is 12.0 Å². The highest BCUT2D eigenvalue weighted by molar-refractivity contribution is 5.90. The van der Waals surface area contributed by atoms with Gasteiger partial charge in [-0.1, -0.05) is 13.0 Å². The number of carbonyl (C=O) groups excluding carboxylic acids is 1. The smallest absolute Gasteiger partial charge is 0.323 e. The molecule has 0 radical (unpaired) electrons. The highest BCUT2D eigenvalue weighted by atomic mass is 16.5. The zero-order chi connectivity index (χ0) is 16.2. The van der Waals surface area contributed by atoms with E-state index >= 15 is 0 Å². The second-order valence-corrected chi connectivity index (χ2v) is 5.75. The fraction of sp³-hybridized carbons (Fsp3) is 0.444. The Morgan fingerprint density at radius 2 is 2.30 bits per heavy atom. The van der Waals surface area contributed by atoms with Crippen molar-refractivity contribution in [3.63, 3.8) is 0 Å². The van der Waals surface area contributed by atoms with Gasteiger partial charge in [-0.05, 0) is 43.0 Å². The van der Waals surface area contributed by atoms with Crippen molar-refractivity contribution < 1.29 is 9.53 Å². The van der Waals surface area contributed by atoms with E-state index in [1.54, 1.807) is 0 Å². The van der Waals surface area contributed by atoms with Crippen molar-refractivity contribution in [2.24, 2.45) is 0 Å². The maximum atomic E-state index is 12.1. The number of ether oxygens (including phenoxy) is 1. The molecular formula is C18H23N3O2. The molecule has 0 unspecified atom stereocenters. The molecule has 2 aromatic rings. The molecule has 0 aliphatic carbocycles. The molecule has 0 bridgehead atoms. The molecule has 0 amide bonds. The Hall–Kier alpha value is -2.14. The number of rotatable bonds is 5. The van der Waals surface area contributed by atoms with Gasteiger partial charge in [-0.15, -0.1) is 0 Å². The Morgan fingerprint density at radius 3 is 3.00 bits per heavy atom. The molecule has 1 N–H and O–H groups in total. The van der Waals surface area contributed by atoms with E-state index in [2.05, 4.69) is 33.1 Å². The Labute approximate surface area is 136 Å². The van der Waals surface area contributed by atoms with E-state index < -0.39 is 0 Å². The molecule has 5 nitrogen and oxygen atoms in total. The summed E-state index contributed by atoms with van der Waals surface area (Å²) in [6.07, 6.45) is 7.70. The van der Waals surface area contributed by atoms with Crippen molar-refractivity contribution in [1.82, 2.24) is 14.9 Å². The van der Waals surface area contributed by atoms with Crippen LogP contribution in [0.15, 0.2) is 30.6 Å². The van der Waals surface area contributed by atoms with Gasteiger partial charge in [0.25, 0.3) is 0 Å². The van der Waals surface area contributed by atoms with Crippen molar-refractivity contribution in [1.29, 1.82) is 0 Å². The molecule has 0 saturated carbocycles. The quantitative estimate of drug-likeness (QED) is 0.862. The first kappa shape index (κ1) is 15.7. The largest absolute Gasteiger partial charge is 0.465 e. The second kappa shape index (κ2) is 6.96. The minimum Gasteiger partial charge on any atom is -0.465 e. The summed E-state index contributed by atoms with van der Waals surface area (Å²) in [6, 6.07) is 4.00. The second-order valence-electron chi connectivity index (χ2n) is 5.75. The minimum absolute atomic E-state index is 0.108. The molecule has 1 atom stereocenters. The maximum absolute atomic E-state index is 12.1. The first-order valence-corrected chi connectivity index (χ1v) is 8.26. The molecule has 0 saturated heterocycles. The number of nitrogens with zero attached hydrogens (tertiary/aromatic N) is 2. The fourth-order valence-corrected chi connectivity index (χ4v) is 3.27. The van der Waals surface area contributed by atoms with Gasteiger partial charge in [-0.3, -0.25) is 9.69 Å². The van der Waals surface area contributed by atoms with Gasteiger partial charge in [-0.2, -0.15) is 0 Å². The zero-order valence-corrected chi connectivity index (χ0v) is 13.7. The van der Waals surface area contributed by atoms with Crippen LogP contribution in [-0.4, -0.2) is 46.6 Å². The van der Waals surface area contributed by atoms with Crippen LogP contribution >= 0.6 is 0 Å². The van der Waals surface area contributed by atoms with Crippen molar-refractivity contribution in [3.05, 3.63) is 36.2 Å². The summed E-state index contributed by atoms with van der Waals surface area (Å²) in [5, 5.41) is 1.16. The van der Waals surface area contributed by atoms with Crippen molar-refractivity contribution in [2.45, 2.75) is 32.7 Å². The van der Waals surface area contributed by atoms with E-state index in [1.165, 1.54) is 11.1 Å². The lowest BCUT2D eigenvalue weighted by molar-refractivity contribution is -0.149. The molecule has 3 rings (SSSR count). The number of hydrogen-bond acceptors (Lipinski definition) is 4. The minimum atomic E-state index is -0.141. The van der Waals surface area contributed by atoms with Gasteiger partial charge in [0.2, 0.25) is 0 Å². The van der Waals surface area contributed by atoms with E-state index in [1.807, 2.05) is 26.2 Å². The van der Waals surface area contributed by atoms with Gasteiger partial charge in [0.1, 0.15) is 11.7 Å². The van der Waals surface area contributed by atoms with Crippen LogP contribution in [0, 0.1) is 0 Å². The molecular weight excluding hydrogens is 290 g/mol. The molecule has 5 heteroatoms. The summed E-state index contributed by atoms with van der Waals surface area (Å²) in [4.78, 5) is 21.8. The first-order chi connectivity index (χ1) is 11.2. The molecule has 122 valence electrons. The number of fused-ring (bicyclic) bond motifs is 1. The molecule has 3 heterocycles. The highest BCUT2D eigenvalue weighted by Gasteiger charge is 2.27. The molecule has 0 spiro atoms. The Morgan fingerprint density at radius 1 is 1.43 bits per heavy atom. The van der Waals surface area contributed by atoms with Crippen LogP contribution in [0.5, 0.6) is 0 Å². The maximum Gasteiger partial charge on any atom is 0.323 e. The lowest BCUT2D eigenvalue weighted by Crippen LogP contribution is -2.43. The monoisotopic (exact) mass is 313 g/mol. The van der Waals surface area contributed by atoms with Gasteiger partial charge in [-0.25, -0.2) is 4.98 Å². The topological polar surface area (TPSA) is 58.2 Å². The van der Waals surface area contributed by atoms with Crippen LogP contribution in [0.1, 0.15) is 32.3 Å². The van der Waals surface area contributed by atoms with Gasteiger partial charge in [0.05, 0.1) is 6.61 Å². The van der Waals surface area contributed by atoms with E-state index in [4.69, 9.17) is 4.74 Å². The number of nitrogens with one attached hydrogen (secondary N) is 1. The summed E-state index contributed by atoms with van der Waals surface area (Å²) in [5.74, 6) is -0.108. The Kier molecular flexibility index (Phi) is 4.76. The van der Waals surface area contributed by atoms with Gasteiger partial charge in [0.15, 0.2) is 0 Å². The van der Waals surface area contributed by atoms with Gasteiger partial charge < -0.3 is 9.72 Å². The normalized spacial score (nSPS) is 17.0. The molecule has 23 heavy (non-hydrogen) atoms. The summed E-state index contributed by atoms with van der Waals surface area (Å²) in [6.45, 7) is 5.97. The Balaban J connectivity index is 1.78. The van der Waals surface area contributed by atoms with Gasteiger partial charge in [0, 0.05) is 30.9 Å². The highest BCUT2D eigenvalue weighted by Crippen LogP contribution is 2.28. The molecule has 1 aliphatic heterocycles. The predicted octanol–water partition coefficient (Wildman–Crippen LogP) is 2.99. The van der Waals surface area contributed by atoms with Crippen LogP contribution in [0.2, 0.25) is 0 Å². The number of aromatic amines is 1. The van der Waals surface area contributed by atoms with Crippen LogP contribution in [0.4, 0.5) is 0 Å². The number of pyridine rings is 1. The fourth-order valence-electron chi connectivity index (χ4n) is 3.27. The number of aromatic nitrogens is 2. The van der Waals surface area contributed by atoms with Crippen LogP contribution < -0.4 is 0 Å². The zero-order valence-electron chi connectivity index (χ0n) is 13.7. The molecule has 1 aliphatic rings. The van der Waals surface area contributed by atoms with Crippen LogP contribution in [-0.2, 0) is 9.53 Å². The SMILES string of the molecule is CCOC(=O)[C@@H](CC)N1CC=C(c2ccnc3[nH]ccc23)CC1. The lowest BCUT2D eigenvalue weighted by Gasteiger charge is -2.32. The van der Waals surface area contributed by atoms with Crippen LogP contribution in [0.25, 0.3) is 16.6 Å². The summed E-state index contributed by atoms with van der Waals surface area (Å²) in [7, 11) is 0. The summed E-state index contributed by atoms with van der Waals surface area (Å²) >= 11 is 0. The lowest BCUT2D eigenvalue weighted by atomic mass is 9.97. The average Bonchev–Trinajstić information content (AvgIpc) is 3.05. The molecule has 0 fully saturated rings. The third-order valence-corrected chi connectivity index (χ3v) is 4.43. The Bertz CT molecular complexity index is 720. The number of carbonyl (C=O) groups is 1. The molecule has 2 aromatic heterocycles. The predicted molar refractivity (Wildman–Crippen MR) is 91.0 cm³/mol. The van der Waals surface area contributed by atoms with E-state index in [9.17, 15) is 4.79 Å². The van der Waals surface area contributed by atoms with Crippen molar-refractivity contribution >= 4 is 22.6 Å².